The fraction of sp³-hybridized carbons (Fsp3) is 0.231. The van der Waals surface area contributed by atoms with Crippen molar-refractivity contribution in [2.24, 2.45) is 0 Å². The summed E-state index contributed by atoms with van der Waals surface area (Å²) >= 11 is 0. The van der Waals surface area contributed by atoms with Crippen LogP contribution in [0.5, 0.6) is 0 Å². The molecule has 0 aliphatic carbocycles. The molecule has 1 N–H and O–H groups in total. The van der Waals surface area contributed by atoms with Gasteiger partial charge in [-0.1, -0.05) is 12.1 Å². The molecule has 7 nitrogen and oxygen atoms in total. The normalized spacial score (nSPS) is 10.4. The average Bonchev–Trinajstić information content (AvgIpc) is 2.41. The van der Waals surface area contributed by atoms with Crippen LogP contribution in [0.4, 0.5) is 0 Å². The fourth-order valence-corrected chi connectivity index (χ4v) is 1.77. The summed E-state index contributed by atoms with van der Waals surface area (Å²) < 4.78 is 1.01. The number of nitrogens with one attached hydrogen (secondary N) is 1. The van der Waals surface area contributed by atoms with Gasteiger partial charge in [0.25, 0.3) is 5.56 Å². The van der Waals surface area contributed by atoms with Crippen molar-refractivity contribution in [1.29, 1.82) is 0 Å². The molecule has 0 aliphatic heterocycles. The molecular formula is C13H12N3O4-. The molecule has 1 aromatic heterocycles. The Morgan fingerprint density at radius 1 is 1.30 bits per heavy atom. The van der Waals surface area contributed by atoms with Gasteiger partial charge >= 0.3 is 0 Å². The first kappa shape index (κ1) is 13.7. The van der Waals surface area contributed by atoms with E-state index in [0.717, 1.165) is 4.68 Å². The van der Waals surface area contributed by atoms with E-state index in [4.69, 9.17) is 0 Å². The van der Waals surface area contributed by atoms with Crippen LogP contribution in [0.15, 0.2) is 29.1 Å². The van der Waals surface area contributed by atoms with E-state index in [1.165, 1.54) is 0 Å². The van der Waals surface area contributed by atoms with Gasteiger partial charge in [-0.05, 0) is 25.5 Å². The summed E-state index contributed by atoms with van der Waals surface area (Å²) in [6, 6.07) is 6.76. The first-order valence-corrected chi connectivity index (χ1v) is 5.97. The van der Waals surface area contributed by atoms with Gasteiger partial charge in [-0.25, -0.2) is 9.66 Å². The lowest BCUT2D eigenvalue weighted by Gasteiger charge is -2.12. The maximum atomic E-state index is 12.2. The lowest BCUT2D eigenvalue weighted by Crippen LogP contribution is -2.36. The number of fused-ring (bicyclic) bond motifs is 1. The highest BCUT2D eigenvalue weighted by Gasteiger charge is 2.10. The number of carbonyl (C=O) groups excluding carboxylic acids is 2. The molecule has 20 heavy (non-hydrogen) atoms. The van der Waals surface area contributed by atoms with Crippen LogP contribution in [0, 0.1) is 6.92 Å². The van der Waals surface area contributed by atoms with E-state index in [9.17, 15) is 19.5 Å². The number of rotatable bonds is 4. The molecule has 0 unspecified atom stereocenters. The Balaban J connectivity index is 2.33. The predicted molar refractivity (Wildman–Crippen MR) is 69.3 cm³/mol. The van der Waals surface area contributed by atoms with Gasteiger partial charge in [-0.2, -0.15) is 0 Å². The molecule has 2 rings (SSSR count). The summed E-state index contributed by atoms with van der Waals surface area (Å²) in [5.41, 5.74) is 2.47. The molecule has 0 saturated carbocycles. The van der Waals surface area contributed by atoms with Crippen LogP contribution >= 0.6 is 0 Å². The van der Waals surface area contributed by atoms with Crippen LogP contribution in [-0.4, -0.2) is 21.5 Å². The molecular weight excluding hydrogens is 262 g/mol. The lowest BCUT2D eigenvalue weighted by atomic mass is 10.2. The molecule has 0 atom stereocenters. The Labute approximate surface area is 113 Å². The molecule has 0 radical (unpaired) electrons. The fourth-order valence-electron chi connectivity index (χ4n) is 1.77. The largest absolute Gasteiger partial charge is 0.550 e. The minimum absolute atomic E-state index is 0.263. The van der Waals surface area contributed by atoms with Crippen LogP contribution < -0.4 is 16.1 Å². The molecule has 1 amide bonds. The van der Waals surface area contributed by atoms with Crippen LogP contribution in [0.25, 0.3) is 10.9 Å². The minimum atomic E-state index is -1.32. The third-order valence-electron chi connectivity index (χ3n) is 2.74. The third-order valence-corrected chi connectivity index (χ3v) is 2.74. The Morgan fingerprint density at radius 3 is 2.70 bits per heavy atom. The van der Waals surface area contributed by atoms with E-state index < -0.39 is 23.9 Å². The predicted octanol–water partition coefficient (Wildman–Crippen LogP) is -0.695. The maximum absolute atomic E-state index is 12.2. The van der Waals surface area contributed by atoms with Crippen molar-refractivity contribution in [2.75, 3.05) is 5.43 Å². The van der Waals surface area contributed by atoms with Gasteiger partial charge in [0.05, 0.1) is 10.9 Å². The summed E-state index contributed by atoms with van der Waals surface area (Å²) in [7, 11) is 0. The van der Waals surface area contributed by atoms with Gasteiger partial charge < -0.3 is 9.90 Å². The smallest absolute Gasteiger partial charge is 0.280 e. The zero-order chi connectivity index (χ0) is 14.7. The van der Waals surface area contributed by atoms with Crippen LogP contribution in [0.1, 0.15) is 18.7 Å². The Morgan fingerprint density at radius 2 is 2.00 bits per heavy atom. The Hall–Kier alpha value is -2.70. The molecule has 0 fully saturated rings. The highest BCUT2D eigenvalue weighted by molar-refractivity contribution is 5.86. The van der Waals surface area contributed by atoms with Gasteiger partial charge in [0.1, 0.15) is 5.82 Å². The molecule has 0 saturated heterocycles. The number of aromatic nitrogens is 2. The molecule has 0 spiro atoms. The summed E-state index contributed by atoms with van der Waals surface area (Å²) in [5, 5.41) is 10.7. The minimum Gasteiger partial charge on any atom is -0.550 e. The Kier molecular flexibility index (Phi) is 3.79. The second-order valence-electron chi connectivity index (χ2n) is 4.22. The molecule has 1 aromatic carbocycles. The average molecular weight is 274 g/mol. The number of amides is 1. The van der Waals surface area contributed by atoms with Crippen LogP contribution in [0.2, 0.25) is 0 Å². The van der Waals surface area contributed by atoms with Crippen LogP contribution in [0.3, 0.4) is 0 Å². The van der Waals surface area contributed by atoms with E-state index in [1.807, 2.05) is 0 Å². The van der Waals surface area contributed by atoms with E-state index in [2.05, 4.69) is 10.4 Å². The first-order valence-electron chi connectivity index (χ1n) is 5.97. The number of carboxylic acid groups (broad SMARTS) is 1. The van der Waals surface area contributed by atoms with Gasteiger partial charge in [0, 0.05) is 12.4 Å². The molecule has 0 bridgehead atoms. The molecule has 0 aliphatic rings. The van der Waals surface area contributed by atoms with Crippen LogP contribution in [-0.2, 0) is 9.59 Å². The first-order chi connectivity index (χ1) is 9.49. The highest BCUT2D eigenvalue weighted by Crippen LogP contribution is 2.06. The summed E-state index contributed by atoms with van der Waals surface area (Å²) in [5.74, 6) is -1.59. The van der Waals surface area contributed by atoms with Crippen molar-refractivity contribution in [3.05, 3.63) is 40.4 Å². The van der Waals surface area contributed by atoms with E-state index in [0.29, 0.717) is 16.7 Å². The standard InChI is InChI=1S/C13H13N3O4/c1-8-14-10-5-3-2-4-9(10)13(20)16(8)15-11(17)6-7-12(18)19/h2-5H,6-7H2,1H3,(H,15,17)(H,18,19)/p-1. The van der Waals surface area contributed by atoms with Gasteiger partial charge in [0.2, 0.25) is 5.91 Å². The van der Waals surface area contributed by atoms with Crippen molar-refractivity contribution in [1.82, 2.24) is 9.66 Å². The van der Waals surface area contributed by atoms with Crippen molar-refractivity contribution in [2.45, 2.75) is 19.8 Å². The topological polar surface area (TPSA) is 104 Å². The van der Waals surface area contributed by atoms with Crippen molar-refractivity contribution < 1.29 is 14.7 Å². The number of nitrogens with zero attached hydrogens (tertiary/aromatic N) is 2. The number of aryl methyl sites for hydroxylation is 1. The number of aliphatic carboxylic acids is 1. The zero-order valence-electron chi connectivity index (χ0n) is 10.8. The number of hydrogen-bond donors (Lipinski definition) is 1. The number of benzene rings is 1. The second-order valence-corrected chi connectivity index (χ2v) is 4.22. The number of para-hydroxylation sites is 1. The number of carboxylic acids is 1. The third kappa shape index (κ3) is 2.82. The van der Waals surface area contributed by atoms with E-state index >= 15 is 0 Å². The van der Waals surface area contributed by atoms with Crippen molar-refractivity contribution >= 4 is 22.8 Å². The van der Waals surface area contributed by atoms with Crippen molar-refractivity contribution in [3.8, 4) is 0 Å². The SMILES string of the molecule is Cc1nc2ccccc2c(=O)n1NC(=O)CCC(=O)[O-]. The summed E-state index contributed by atoms with van der Waals surface area (Å²) in [6.07, 6.45) is -0.665. The summed E-state index contributed by atoms with van der Waals surface area (Å²) in [6.45, 7) is 1.58. The molecule has 2 aromatic rings. The Bertz CT molecular complexity index is 736. The van der Waals surface area contributed by atoms with E-state index in [-0.39, 0.29) is 6.42 Å². The number of carbonyl (C=O) groups is 2. The quantitative estimate of drug-likeness (QED) is 0.794. The van der Waals surface area contributed by atoms with Gasteiger partial charge in [0.15, 0.2) is 0 Å². The molecule has 7 heteroatoms. The highest BCUT2D eigenvalue weighted by atomic mass is 16.4. The second kappa shape index (κ2) is 5.52. The van der Waals surface area contributed by atoms with Gasteiger partial charge in [-0.3, -0.25) is 15.0 Å². The maximum Gasteiger partial charge on any atom is 0.280 e. The number of hydrogen-bond acceptors (Lipinski definition) is 5. The van der Waals surface area contributed by atoms with E-state index in [1.54, 1.807) is 31.2 Å². The zero-order valence-corrected chi connectivity index (χ0v) is 10.8. The van der Waals surface area contributed by atoms with Gasteiger partial charge in [-0.15, -0.1) is 0 Å². The van der Waals surface area contributed by atoms with Crippen molar-refractivity contribution in [3.63, 3.8) is 0 Å². The summed E-state index contributed by atoms with van der Waals surface area (Å²) in [4.78, 5) is 38.3. The lowest BCUT2D eigenvalue weighted by molar-refractivity contribution is -0.305. The monoisotopic (exact) mass is 274 g/mol. The molecule has 1 heterocycles. The molecule has 104 valence electrons.